The van der Waals surface area contributed by atoms with Gasteiger partial charge in [-0.05, 0) is 0 Å². The molecule has 11 heavy (non-hydrogen) atoms. The second-order valence-corrected chi connectivity index (χ2v) is 5.53. The lowest BCUT2D eigenvalue weighted by Gasteiger charge is -2.24. The van der Waals surface area contributed by atoms with Crippen LogP contribution in [0.4, 0.5) is 0 Å². The van der Waals surface area contributed by atoms with E-state index < -0.39 is 19.8 Å². The normalized spacial score (nSPS) is 34.3. The van der Waals surface area contributed by atoms with E-state index in [0.29, 0.717) is 0 Å². The van der Waals surface area contributed by atoms with Gasteiger partial charge in [-0.25, -0.2) is 0 Å². The Labute approximate surface area is 88.9 Å². The third kappa shape index (κ3) is 1.36. The number of carbonyl (C=O) groups is 1. The van der Waals surface area contributed by atoms with Crippen molar-refractivity contribution in [2.24, 2.45) is 0 Å². The van der Waals surface area contributed by atoms with Gasteiger partial charge >= 0.3 is 0 Å². The molecule has 0 N–H and O–H groups in total. The lowest BCUT2D eigenvalue weighted by atomic mass is 10.3. The maximum absolute atomic E-state index is 11.0. The van der Waals surface area contributed by atoms with Gasteiger partial charge in [0.05, 0.1) is 5.38 Å². The highest BCUT2D eigenvalue weighted by atomic mass is 35.5. The third-order valence-corrected chi connectivity index (χ3v) is 4.73. The molecule has 1 atom stereocenters. The van der Waals surface area contributed by atoms with Crippen LogP contribution in [0.25, 0.3) is 0 Å². The van der Waals surface area contributed by atoms with Crippen LogP contribution >= 0.6 is 58.0 Å². The van der Waals surface area contributed by atoms with Gasteiger partial charge in [0.15, 0.2) is 10.1 Å². The summed E-state index contributed by atoms with van der Waals surface area (Å²) in [6, 6.07) is 0. The van der Waals surface area contributed by atoms with Gasteiger partial charge in [0, 0.05) is 6.42 Å². The average Bonchev–Trinajstić information content (AvgIpc) is 1.95. The van der Waals surface area contributed by atoms with E-state index in [2.05, 4.69) is 0 Å². The summed E-state index contributed by atoms with van der Waals surface area (Å²) in [6.45, 7) is 0. The molecule has 1 saturated carbocycles. The Morgan fingerprint density at radius 1 is 1.27 bits per heavy atom. The Bertz CT molecular complexity index is 199. The summed E-state index contributed by atoms with van der Waals surface area (Å²) >= 11 is 28.1. The van der Waals surface area contributed by atoms with Gasteiger partial charge in [-0.1, -0.05) is 46.4 Å². The van der Waals surface area contributed by atoms with E-state index in [4.69, 9.17) is 58.0 Å². The molecule has 1 rings (SSSR count). The average molecular weight is 256 g/mol. The van der Waals surface area contributed by atoms with Gasteiger partial charge in [-0.15, -0.1) is 11.6 Å². The van der Waals surface area contributed by atoms with Gasteiger partial charge < -0.3 is 0 Å². The van der Waals surface area contributed by atoms with Crippen molar-refractivity contribution in [2.75, 3.05) is 0 Å². The zero-order valence-electron chi connectivity index (χ0n) is 5.08. The topological polar surface area (TPSA) is 17.1 Å². The molecule has 0 saturated heterocycles. The predicted molar refractivity (Wildman–Crippen MR) is 48.1 cm³/mol. The molecule has 0 heterocycles. The van der Waals surface area contributed by atoms with Crippen LogP contribution in [0.3, 0.4) is 0 Å². The molecule has 6 heteroatoms. The minimum atomic E-state index is -1.78. The highest BCUT2D eigenvalue weighted by Crippen LogP contribution is 2.54. The summed E-state index contributed by atoms with van der Waals surface area (Å²) in [6.07, 6.45) is 0.00154. The van der Waals surface area contributed by atoms with Gasteiger partial charge in [0.2, 0.25) is 4.33 Å². The minimum absolute atomic E-state index is 0.00154. The van der Waals surface area contributed by atoms with Crippen molar-refractivity contribution >= 4 is 63.8 Å². The number of hydrogen-bond donors (Lipinski definition) is 0. The number of hydrogen-bond acceptors (Lipinski definition) is 1. The van der Waals surface area contributed by atoms with Crippen molar-refractivity contribution in [1.82, 2.24) is 0 Å². The quantitative estimate of drug-likeness (QED) is 0.609. The van der Waals surface area contributed by atoms with Crippen molar-refractivity contribution in [1.29, 1.82) is 0 Å². The molecule has 1 fully saturated rings. The Kier molecular flexibility index (Phi) is 2.61. The molecular formula is C5H3Cl5O. The first-order chi connectivity index (χ1) is 4.80. The molecule has 0 aromatic rings. The fraction of sp³-hybridized carbons (Fsp3) is 0.800. The van der Waals surface area contributed by atoms with Crippen molar-refractivity contribution < 1.29 is 4.79 Å². The van der Waals surface area contributed by atoms with Crippen molar-refractivity contribution in [3.63, 3.8) is 0 Å². The molecule has 1 aliphatic carbocycles. The zero-order valence-corrected chi connectivity index (χ0v) is 8.86. The first kappa shape index (κ1) is 10.2. The molecule has 0 aliphatic heterocycles. The fourth-order valence-electron chi connectivity index (χ4n) is 0.802. The highest BCUT2D eigenvalue weighted by Gasteiger charge is 2.62. The van der Waals surface area contributed by atoms with E-state index in [0.717, 1.165) is 0 Å². The Balaban J connectivity index is 3.04. The van der Waals surface area contributed by atoms with Gasteiger partial charge in [0.25, 0.3) is 0 Å². The number of Topliss-reactive ketones (excluding diaryl/α,β-unsaturated/α-hetero) is 1. The molecule has 0 bridgehead atoms. The van der Waals surface area contributed by atoms with Crippen LogP contribution < -0.4 is 0 Å². The van der Waals surface area contributed by atoms with Crippen LogP contribution in [0.2, 0.25) is 0 Å². The smallest absolute Gasteiger partial charge is 0.209 e. The van der Waals surface area contributed by atoms with Gasteiger partial charge in [0.1, 0.15) is 0 Å². The van der Waals surface area contributed by atoms with Crippen LogP contribution in [0, 0.1) is 0 Å². The third-order valence-electron chi connectivity index (χ3n) is 1.53. The second kappa shape index (κ2) is 2.81. The summed E-state index contributed by atoms with van der Waals surface area (Å²) < 4.78 is -3.36. The molecule has 0 radical (unpaired) electrons. The first-order valence-electron chi connectivity index (χ1n) is 2.73. The van der Waals surface area contributed by atoms with E-state index >= 15 is 0 Å². The summed E-state index contributed by atoms with van der Waals surface area (Å²) in [4.78, 5) is 11.0. The number of halogens is 5. The monoisotopic (exact) mass is 254 g/mol. The lowest BCUT2D eigenvalue weighted by molar-refractivity contribution is -0.117. The van der Waals surface area contributed by atoms with Gasteiger partial charge in [-0.3, -0.25) is 4.79 Å². The zero-order chi connectivity index (χ0) is 8.86. The standard InChI is InChI=1S/C5H3Cl5O/c6-2-1-3(11)5(9,10)4(2,7)8/h2H,1H2. The molecule has 1 aliphatic rings. The first-order valence-corrected chi connectivity index (χ1v) is 4.68. The van der Waals surface area contributed by atoms with Crippen LogP contribution in [-0.2, 0) is 4.79 Å². The largest absolute Gasteiger partial charge is 0.296 e. The van der Waals surface area contributed by atoms with Crippen LogP contribution in [-0.4, -0.2) is 19.8 Å². The number of rotatable bonds is 0. The molecule has 1 unspecified atom stereocenters. The van der Waals surface area contributed by atoms with Crippen LogP contribution in [0.15, 0.2) is 0 Å². The summed E-state index contributed by atoms with van der Waals surface area (Å²) in [5.74, 6) is -0.439. The Morgan fingerprint density at radius 3 is 1.82 bits per heavy atom. The van der Waals surface area contributed by atoms with E-state index in [-0.39, 0.29) is 6.42 Å². The van der Waals surface area contributed by atoms with E-state index in [9.17, 15) is 4.79 Å². The molecule has 1 nitrogen and oxygen atoms in total. The maximum atomic E-state index is 11.0. The summed E-state index contributed by atoms with van der Waals surface area (Å²) in [7, 11) is 0. The van der Waals surface area contributed by atoms with E-state index in [1.807, 2.05) is 0 Å². The number of carbonyl (C=O) groups excluding carboxylic acids is 1. The van der Waals surface area contributed by atoms with Crippen LogP contribution in [0.1, 0.15) is 6.42 Å². The van der Waals surface area contributed by atoms with Crippen molar-refractivity contribution in [2.45, 2.75) is 20.5 Å². The molecule has 0 spiro atoms. The Morgan fingerprint density at radius 2 is 1.73 bits per heavy atom. The maximum Gasteiger partial charge on any atom is 0.209 e. The molecule has 0 amide bonds. The van der Waals surface area contributed by atoms with Crippen molar-refractivity contribution in [3.05, 3.63) is 0 Å². The van der Waals surface area contributed by atoms with Gasteiger partial charge in [-0.2, -0.15) is 0 Å². The predicted octanol–water partition coefficient (Wildman–Crippen LogP) is 2.91. The SMILES string of the molecule is O=C1CC(Cl)C(Cl)(Cl)C1(Cl)Cl. The van der Waals surface area contributed by atoms with E-state index in [1.165, 1.54) is 0 Å². The lowest BCUT2D eigenvalue weighted by Crippen LogP contribution is -2.39. The molecular weight excluding hydrogens is 253 g/mol. The summed E-state index contributed by atoms with van der Waals surface area (Å²) in [5, 5.41) is -0.728. The number of ketones is 1. The second-order valence-electron chi connectivity index (χ2n) is 2.29. The van der Waals surface area contributed by atoms with Crippen molar-refractivity contribution in [3.8, 4) is 0 Å². The fourth-order valence-corrected chi connectivity index (χ4v) is 2.00. The molecule has 0 aromatic carbocycles. The van der Waals surface area contributed by atoms with Crippen LogP contribution in [0.5, 0.6) is 0 Å². The number of alkyl halides is 5. The summed E-state index contributed by atoms with van der Waals surface area (Å²) in [5.41, 5.74) is 0. The molecule has 0 aromatic heterocycles. The molecule has 64 valence electrons. The Hall–Kier alpha value is 1.12. The minimum Gasteiger partial charge on any atom is -0.296 e. The van der Waals surface area contributed by atoms with E-state index in [1.54, 1.807) is 0 Å². The highest BCUT2D eigenvalue weighted by molar-refractivity contribution is 6.72.